The molecule has 0 aromatic rings. The Bertz CT molecular complexity index is 509. The molecule has 0 bridgehead atoms. The first kappa shape index (κ1) is 21.9. The predicted molar refractivity (Wildman–Crippen MR) is 85.4 cm³/mol. The van der Waals surface area contributed by atoms with Gasteiger partial charge in [-0.25, -0.2) is 0 Å². The molecule has 0 aromatic heterocycles. The first-order valence-corrected chi connectivity index (χ1v) is 9.00. The van der Waals surface area contributed by atoms with Crippen molar-refractivity contribution < 1.29 is 32.0 Å². The van der Waals surface area contributed by atoms with Crippen molar-refractivity contribution in [3.8, 4) is 0 Å². The molecule has 0 saturated carbocycles. The Kier molecular flexibility index (Phi) is 7.69. The summed E-state index contributed by atoms with van der Waals surface area (Å²) >= 11 is 0. The van der Waals surface area contributed by atoms with Crippen LogP contribution in [0, 0.1) is 16.7 Å². The Morgan fingerprint density at radius 2 is 1.48 bits per heavy atom. The van der Waals surface area contributed by atoms with E-state index in [1.807, 2.05) is 41.5 Å². The van der Waals surface area contributed by atoms with Crippen LogP contribution in [0.2, 0.25) is 0 Å². The van der Waals surface area contributed by atoms with Crippen molar-refractivity contribution in [2.75, 3.05) is 19.0 Å². The second-order valence-corrected chi connectivity index (χ2v) is 9.25. The Hall–Kier alpha value is -1.15. The van der Waals surface area contributed by atoms with Gasteiger partial charge in [0.25, 0.3) is 10.1 Å². The molecule has 8 heteroatoms. The molecule has 0 aromatic carbocycles. The van der Waals surface area contributed by atoms with Gasteiger partial charge in [-0.05, 0) is 17.3 Å². The molecule has 23 heavy (non-hydrogen) atoms. The van der Waals surface area contributed by atoms with Gasteiger partial charge in [0, 0.05) is 0 Å². The minimum Gasteiger partial charge on any atom is -0.462 e. The Morgan fingerprint density at radius 1 is 1.00 bits per heavy atom. The van der Waals surface area contributed by atoms with Crippen LogP contribution in [0.5, 0.6) is 0 Å². The summed E-state index contributed by atoms with van der Waals surface area (Å²) in [5.41, 5.74) is -0.315. The zero-order valence-corrected chi connectivity index (χ0v) is 15.5. The number of hydrogen-bond donors (Lipinski definition) is 1. The van der Waals surface area contributed by atoms with Crippen molar-refractivity contribution in [3.05, 3.63) is 0 Å². The highest BCUT2D eigenvalue weighted by Crippen LogP contribution is 2.36. The largest absolute Gasteiger partial charge is 0.462 e. The maximum atomic E-state index is 12.2. The van der Waals surface area contributed by atoms with E-state index < -0.39 is 21.8 Å². The van der Waals surface area contributed by atoms with E-state index in [9.17, 15) is 18.0 Å². The quantitative estimate of drug-likeness (QED) is 0.424. The first-order chi connectivity index (χ1) is 10.1. The van der Waals surface area contributed by atoms with Crippen LogP contribution >= 0.6 is 0 Å². The summed E-state index contributed by atoms with van der Waals surface area (Å²) in [6.45, 7) is 11.6. The Balaban J connectivity index is 4.42. The summed E-state index contributed by atoms with van der Waals surface area (Å²) < 4.78 is 39.2. The van der Waals surface area contributed by atoms with Crippen molar-refractivity contribution in [2.24, 2.45) is 16.7 Å². The summed E-state index contributed by atoms with van der Waals surface area (Å²) in [4.78, 5) is 23.3. The zero-order valence-electron chi connectivity index (χ0n) is 14.7. The highest BCUT2D eigenvalue weighted by atomic mass is 32.2. The van der Waals surface area contributed by atoms with E-state index in [1.54, 1.807) is 0 Å². The maximum Gasteiger partial charge on any atom is 0.323 e. The molecule has 0 heterocycles. The summed E-state index contributed by atoms with van der Waals surface area (Å²) in [5.74, 6) is -2.89. The average Bonchev–Trinajstić information content (AvgIpc) is 2.26. The van der Waals surface area contributed by atoms with E-state index in [-0.39, 0.29) is 35.9 Å². The van der Waals surface area contributed by atoms with Crippen molar-refractivity contribution in [2.45, 2.75) is 48.0 Å². The van der Waals surface area contributed by atoms with E-state index in [4.69, 9.17) is 9.29 Å². The minimum absolute atomic E-state index is 0.0427. The molecular weight excluding hydrogens is 324 g/mol. The lowest BCUT2D eigenvalue weighted by atomic mass is 9.72. The lowest BCUT2D eigenvalue weighted by Crippen LogP contribution is -2.34. The summed E-state index contributed by atoms with van der Waals surface area (Å²) in [6, 6.07) is 0. The Morgan fingerprint density at radius 3 is 1.87 bits per heavy atom. The van der Waals surface area contributed by atoms with Crippen LogP contribution in [0.15, 0.2) is 0 Å². The SMILES string of the molecule is CC(C)(C)CC(C(=O)OCCOC(=O)CS(=O)(=O)O)C(C)(C)C. The Labute approximate surface area is 138 Å². The van der Waals surface area contributed by atoms with Gasteiger partial charge in [0.05, 0.1) is 5.92 Å². The molecule has 1 atom stereocenters. The molecule has 0 aliphatic rings. The van der Waals surface area contributed by atoms with Crippen molar-refractivity contribution in [1.29, 1.82) is 0 Å². The number of esters is 2. The fourth-order valence-corrected chi connectivity index (χ4v) is 2.33. The standard InChI is InChI=1S/C15H28O7S/c1-14(2,3)9-11(15(4,5)6)13(17)22-8-7-21-12(16)10-23(18,19)20/h11H,7-10H2,1-6H3,(H,18,19,20). The van der Waals surface area contributed by atoms with E-state index in [0.717, 1.165) is 0 Å². The molecule has 0 saturated heterocycles. The molecule has 0 radical (unpaired) electrons. The monoisotopic (exact) mass is 352 g/mol. The topological polar surface area (TPSA) is 107 Å². The lowest BCUT2D eigenvalue weighted by molar-refractivity contribution is -0.158. The van der Waals surface area contributed by atoms with Gasteiger partial charge in [0.2, 0.25) is 0 Å². The number of ether oxygens (including phenoxy) is 2. The molecule has 0 amide bonds. The molecule has 1 N–H and O–H groups in total. The number of hydrogen-bond acceptors (Lipinski definition) is 6. The third kappa shape index (κ3) is 11.1. The van der Waals surface area contributed by atoms with Crippen LogP contribution in [-0.2, 0) is 29.2 Å². The van der Waals surface area contributed by atoms with E-state index in [1.165, 1.54) is 0 Å². The zero-order chi connectivity index (χ0) is 18.5. The fraction of sp³-hybridized carbons (Fsp3) is 0.867. The molecule has 136 valence electrons. The summed E-state index contributed by atoms with van der Waals surface area (Å²) in [7, 11) is -4.41. The number of carbonyl (C=O) groups excluding carboxylic acids is 2. The van der Waals surface area contributed by atoms with Gasteiger partial charge in [-0.15, -0.1) is 0 Å². The van der Waals surface area contributed by atoms with Crippen molar-refractivity contribution in [1.82, 2.24) is 0 Å². The van der Waals surface area contributed by atoms with Crippen LogP contribution in [0.3, 0.4) is 0 Å². The van der Waals surface area contributed by atoms with E-state index in [2.05, 4.69) is 4.74 Å². The van der Waals surface area contributed by atoms with Crippen molar-refractivity contribution in [3.63, 3.8) is 0 Å². The van der Waals surface area contributed by atoms with E-state index in [0.29, 0.717) is 6.42 Å². The third-order valence-corrected chi connectivity index (χ3v) is 3.64. The van der Waals surface area contributed by atoms with Gasteiger partial charge >= 0.3 is 11.9 Å². The summed E-state index contributed by atoms with van der Waals surface area (Å²) in [5, 5.41) is 0. The highest BCUT2D eigenvalue weighted by molar-refractivity contribution is 7.86. The van der Waals surface area contributed by atoms with Gasteiger partial charge in [-0.2, -0.15) is 8.42 Å². The molecule has 0 fully saturated rings. The minimum atomic E-state index is -4.41. The van der Waals surface area contributed by atoms with Crippen LogP contribution in [-0.4, -0.2) is 43.9 Å². The normalized spacial score (nSPS) is 14.2. The second kappa shape index (κ2) is 8.10. The van der Waals surface area contributed by atoms with Crippen LogP contribution < -0.4 is 0 Å². The van der Waals surface area contributed by atoms with Crippen LogP contribution in [0.1, 0.15) is 48.0 Å². The lowest BCUT2D eigenvalue weighted by Gasteiger charge is -2.33. The van der Waals surface area contributed by atoms with Gasteiger partial charge in [-0.1, -0.05) is 41.5 Å². The van der Waals surface area contributed by atoms with E-state index >= 15 is 0 Å². The van der Waals surface area contributed by atoms with Crippen LogP contribution in [0.25, 0.3) is 0 Å². The molecule has 0 rings (SSSR count). The smallest absolute Gasteiger partial charge is 0.323 e. The number of carbonyl (C=O) groups is 2. The van der Waals surface area contributed by atoms with Gasteiger partial charge in [-0.3, -0.25) is 14.1 Å². The fourth-order valence-electron chi connectivity index (χ4n) is 1.94. The van der Waals surface area contributed by atoms with Crippen LogP contribution in [0.4, 0.5) is 0 Å². The second-order valence-electron chi connectivity index (χ2n) is 7.80. The molecule has 7 nitrogen and oxygen atoms in total. The molecule has 0 aliphatic carbocycles. The first-order valence-electron chi connectivity index (χ1n) is 7.39. The van der Waals surface area contributed by atoms with Crippen molar-refractivity contribution >= 4 is 22.1 Å². The predicted octanol–water partition coefficient (Wildman–Crippen LogP) is 2.06. The third-order valence-electron chi connectivity index (χ3n) is 3.04. The van der Waals surface area contributed by atoms with Gasteiger partial charge in [0.15, 0.2) is 5.75 Å². The summed E-state index contributed by atoms with van der Waals surface area (Å²) in [6.07, 6.45) is 0.651. The van der Waals surface area contributed by atoms with Gasteiger partial charge < -0.3 is 9.47 Å². The molecule has 1 unspecified atom stereocenters. The number of rotatable bonds is 7. The molecular formula is C15H28O7S. The highest BCUT2D eigenvalue weighted by Gasteiger charge is 2.35. The van der Waals surface area contributed by atoms with Gasteiger partial charge in [0.1, 0.15) is 13.2 Å². The average molecular weight is 352 g/mol. The molecule has 0 aliphatic heterocycles. The maximum absolute atomic E-state index is 12.2. The molecule has 0 spiro atoms.